The molecule has 7 nitrogen and oxygen atoms in total. The fourth-order valence-electron chi connectivity index (χ4n) is 2.68. The summed E-state index contributed by atoms with van der Waals surface area (Å²) in [5.74, 6) is -2.03. The Morgan fingerprint density at radius 3 is 2.55 bits per heavy atom. The molecule has 158 valence electrons. The van der Waals surface area contributed by atoms with E-state index in [0.717, 1.165) is 11.3 Å². The maximum atomic E-state index is 14.2. The summed E-state index contributed by atoms with van der Waals surface area (Å²) in [7, 11) is 2.89. The van der Waals surface area contributed by atoms with Crippen LogP contribution < -0.4 is 5.32 Å². The minimum atomic E-state index is -0.737. The Hall–Kier alpha value is -2.52. The molecule has 2 rings (SSSR count). The lowest BCUT2D eigenvalue weighted by atomic mass is 10.1. The first-order valence-corrected chi connectivity index (χ1v) is 9.76. The van der Waals surface area contributed by atoms with Gasteiger partial charge in [0, 0.05) is 35.3 Å². The second-order valence-corrected chi connectivity index (χ2v) is 8.63. The summed E-state index contributed by atoms with van der Waals surface area (Å²) in [6.45, 7) is 4.85. The molecular weight excluding hydrogens is 399 g/mol. The van der Waals surface area contributed by atoms with Gasteiger partial charge in [-0.3, -0.25) is 9.59 Å². The van der Waals surface area contributed by atoms with Gasteiger partial charge < -0.3 is 19.7 Å². The molecule has 9 heteroatoms. The second-order valence-electron chi connectivity index (χ2n) is 7.58. The van der Waals surface area contributed by atoms with Gasteiger partial charge in [0.1, 0.15) is 10.7 Å². The van der Waals surface area contributed by atoms with E-state index in [-0.39, 0.29) is 23.9 Å². The molecule has 0 saturated heterocycles. The zero-order valence-corrected chi connectivity index (χ0v) is 17.9. The molecule has 0 bridgehead atoms. The van der Waals surface area contributed by atoms with Crippen molar-refractivity contribution in [3.8, 4) is 0 Å². The van der Waals surface area contributed by atoms with Gasteiger partial charge in [-0.25, -0.2) is 9.18 Å². The third-order valence-electron chi connectivity index (χ3n) is 3.89. The van der Waals surface area contributed by atoms with Gasteiger partial charge >= 0.3 is 5.97 Å². The zero-order valence-electron chi connectivity index (χ0n) is 17.1. The van der Waals surface area contributed by atoms with Gasteiger partial charge in [-0.1, -0.05) is 6.07 Å². The number of halogens is 1. The largest absolute Gasteiger partial charge is 0.451 e. The Morgan fingerprint density at radius 2 is 1.93 bits per heavy atom. The highest BCUT2D eigenvalue weighted by atomic mass is 32.1. The maximum absolute atomic E-state index is 14.2. The summed E-state index contributed by atoms with van der Waals surface area (Å²) in [5.41, 5.74) is -0.0253. The number of esters is 1. The van der Waals surface area contributed by atoms with Gasteiger partial charge in [-0.15, -0.1) is 11.3 Å². The van der Waals surface area contributed by atoms with Crippen LogP contribution in [0.5, 0.6) is 0 Å². The first-order valence-electron chi connectivity index (χ1n) is 8.94. The van der Waals surface area contributed by atoms with Crippen molar-refractivity contribution in [3.05, 3.63) is 34.5 Å². The molecule has 0 spiro atoms. The number of nitrogens with one attached hydrogen (secondary N) is 1. The van der Waals surface area contributed by atoms with Crippen LogP contribution in [0.4, 0.5) is 4.39 Å². The Balaban J connectivity index is 2.05. The van der Waals surface area contributed by atoms with Crippen molar-refractivity contribution in [2.24, 2.45) is 0 Å². The molecule has 29 heavy (non-hydrogen) atoms. The average Bonchev–Trinajstić information content (AvgIpc) is 2.98. The van der Waals surface area contributed by atoms with E-state index in [1.54, 1.807) is 12.1 Å². The zero-order chi connectivity index (χ0) is 21.8. The van der Waals surface area contributed by atoms with E-state index < -0.39 is 29.8 Å². The van der Waals surface area contributed by atoms with Crippen molar-refractivity contribution < 1.29 is 28.2 Å². The van der Waals surface area contributed by atoms with Gasteiger partial charge in [-0.2, -0.15) is 0 Å². The van der Waals surface area contributed by atoms with Crippen LogP contribution in [-0.2, 0) is 25.7 Å². The molecule has 0 aliphatic rings. The number of methoxy groups -OCH3 is 1. The molecule has 2 aromatic rings. The molecule has 0 saturated carbocycles. The fourth-order valence-corrected chi connectivity index (χ4v) is 3.79. The van der Waals surface area contributed by atoms with Gasteiger partial charge in [-0.05, 0) is 32.9 Å². The number of nitrogens with zero attached hydrogens (tertiary/aromatic N) is 1. The summed E-state index contributed by atoms with van der Waals surface area (Å²) in [5, 5.41) is 3.06. The van der Waals surface area contributed by atoms with Crippen LogP contribution in [0.1, 0.15) is 36.0 Å². The van der Waals surface area contributed by atoms with Gasteiger partial charge in [0.15, 0.2) is 6.61 Å². The molecule has 0 aliphatic carbocycles. The van der Waals surface area contributed by atoms with Crippen molar-refractivity contribution in [3.63, 3.8) is 0 Å². The van der Waals surface area contributed by atoms with Gasteiger partial charge in [0.05, 0.1) is 13.2 Å². The quantitative estimate of drug-likeness (QED) is 0.691. The third-order valence-corrected chi connectivity index (χ3v) is 5.06. The number of benzene rings is 1. The molecule has 1 aromatic carbocycles. The molecule has 1 aromatic heterocycles. The summed E-state index contributed by atoms with van der Waals surface area (Å²) in [4.78, 5) is 38.0. The summed E-state index contributed by atoms with van der Waals surface area (Å²) in [6.07, 6.45) is 0. The van der Waals surface area contributed by atoms with Crippen molar-refractivity contribution in [2.45, 2.75) is 32.9 Å². The smallest absolute Gasteiger partial charge is 0.349 e. The summed E-state index contributed by atoms with van der Waals surface area (Å²) < 4.78 is 25.0. The fraction of sp³-hybridized carbons (Fsp3) is 0.450. The number of hydrogen-bond donors (Lipinski definition) is 1. The molecule has 0 radical (unpaired) electrons. The number of likely N-dealkylation sites (N-methyl/N-ethyl adjacent to an activating group) is 1. The van der Waals surface area contributed by atoms with E-state index in [2.05, 4.69) is 5.32 Å². The van der Waals surface area contributed by atoms with E-state index in [0.29, 0.717) is 15.6 Å². The number of ether oxygens (including phenoxy) is 2. The number of carbonyl (C=O) groups is 3. The maximum Gasteiger partial charge on any atom is 0.349 e. The highest BCUT2D eigenvalue weighted by molar-refractivity contribution is 7.21. The third kappa shape index (κ3) is 5.98. The van der Waals surface area contributed by atoms with Crippen molar-refractivity contribution in [1.82, 2.24) is 10.2 Å². The molecule has 0 atom stereocenters. The average molecular weight is 424 g/mol. The number of amides is 2. The normalized spacial score (nSPS) is 11.4. The van der Waals surface area contributed by atoms with Crippen LogP contribution >= 0.6 is 11.3 Å². The molecule has 0 aliphatic heterocycles. The van der Waals surface area contributed by atoms with Crippen molar-refractivity contribution in [2.75, 3.05) is 27.3 Å². The SMILES string of the molecule is COCc1c(C(=O)OCC(=O)N(C)CC(=O)NC(C)(C)C)sc2cccc(F)c12. The monoisotopic (exact) mass is 424 g/mol. The Kier molecular flexibility index (Phi) is 7.32. The lowest BCUT2D eigenvalue weighted by molar-refractivity contribution is -0.137. The van der Waals surface area contributed by atoms with Crippen molar-refractivity contribution >= 4 is 39.2 Å². The standard InChI is InChI=1S/C20H25FN2O5S/c1-20(2,3)22-15(24)9-23(4)16(25)11-28-19(26)18-12(10-27-5)17-13(21)7-6-8-14(17)29-18/h6-8H,9-11H2,1-5H3,(H,22,24). The number of hydrogen-bond acceptors (Lipinski definition) is 6. The first-order chi connectivity index (χ1) is 13.5. The van der Waals surface area contributed by atoms with Crippen LogP contribution in [-0.4, -0.2) is 55.5 Å². The second kappa shape index (κ2) is 9.32. The lowest BCUT2D eigenvalue weighted by Gasteiger charge is -2.23. The highest BCUT2D eigenvalue weighted by Gasteiger charge is 2.24. The van der Waals surface area contributed by atoms with Crippen LogP contribution in [0, 0.1) is 5.82 Å². The number of rotatable bonds is 7. The topological polar surface area (TPSA) is 84.9 Å². The molecule has 0 fully saturated rings. The van der Waals surface area contributed by atoms with Crippen LogP contribution in [0.3, 0.4) is 0 Å². The van der Waals surface area contributed by atoms with E-state index in [4.69, 9.17) is 9.47 Å². The van der Waals surface area contributed by atoms with E-state index in [1.165, 1.54) is 25.1 Å². The number of fused-ring (bicyclic) bond motifs is 1. The minimum absolute atomic E-state index is 0.0339. The van der Waals surface area contributed by atoms with Crippen LogP contribution in [0.15, 0.2) is 18.2 Å². The van der Waals surface area contributed by atoms with Crippen LogP contribution in [0.2, 0.25) is 0 Å². The van der Waals surface area contributed by atoms with E-state index >= 15 is 0 Å². The minimum Gasteiger partial charge on any atom is -0.451 e. The molecule has 1 heterocycles. The Labute approximate surface area is 172 Å². The number of thiophene rings is 1. The Bertz CT molecular complexity index is 919. The van der Waals surface area contributed by atoms with Gasteiger partial charge in [0.2, 0.25) is 5.91 Å². The van der Waals surface area contributed by atoms with E-state index in [9.17, 15) is 18.8 Å². The Morgan fingerprint density at radius 1 is 1.24 bits per heavy atom. The predicted octanol–water partition coefficient (Wildman–Crippen LogP) is 2.72. The molecule has 2 amide bonds. The lowest BCUT2D eigenvalue weighted by Crippen LogP contribution is -2.46. The summed E-state index contributed by atoms with van der Waals surface area (Å²) in [6, 6.07) is 4.57. The molecular formula is C20H25FN2O5S. The number of carbonyl (C=O) groups excluding carboxylic acids is 3. The highest BCUT2D eigenvalue weighted by Crippen LogP contribution is 2.34. The molecule has 1 N–H and O–H groups in total. The van der Waals surface area contributed by atoms with Crippen molar-refractivity contribution in [1.29, 1.82) is 0 Å². The predicted molar refractivity (Wildman–Crippen MR) is 108 cm³/mol. The van der Waals surface area contributed by atoms with Gasteiger partial charge in [0.25, 0.3) is 5.91 Å². The first kappa shape index (κ1) is 22.8. The van der Waals surface area contributed by atoms with Crippen LogP contribution in [0.25, 0.3) is 10.1 Å². The summed E-state index contributed by atoms with van der Waals surface area (Å²) >= 11 is 1.08. The molecule has 0 unspecified atom stereocenters. The van der Waals surface area contributed by atoms with E-state index in [1.807, 2.05) is 20.8 Å².